The molecule has 1 aliphatic carbocycles. The number of nitrogens with two attached hydrogens (primary N) is 1. The van der Waals surface area contributed by atoms with E-state index in [1.54, 1.807) is 0 Å². The largest absolute Gasteiger partial charge is 0.327 e. The van der Waals surface area contributed by atoms with Crippen molar-refractivity contribution < 1.29 is 0 Å². The Balaban J connectivity index is 1.75. The first-order valence-electron chi connectivity index (χ1n) is 6.38. The number of thioether (sulfide) groups is 1. The van der Waals surface area contributed by atoms with Crippen molar-refractivity contribution >= 4 is 27.7 Å². The van der Waals surface area contributed by atoms with Crippen molar-refractivity contribution in [3.05, 3.63) is 28.7 Å². The van der Waals surface area contributed by atoms with Crippen molar-refractivity contribution in [2.45, 2.75) is 43.0 Å². The van der Waals surface area contributed by atoms with Crippen LogP contribution < -0.4 is 5.73 Å². The lowest BCUT2D eigenvalue weighted by Crippen LogP contribution is -2.25. The van der Waals surface area contributed by atoms with Crippen molar-refractivity contribution in [2.75, 3.05) is 5.75 Å². The predicted octanol–water partition coefficient (Wildman–Crippen LogP) is 4.45. The van der Waals surface area contributed by atoms with Crippen LogP contribution in [0, 0.1) is 5.92 Å². The zero-order valence-electron chi connectivity index (χ0n) is 10.1. The van der Waals surface area contributed by atoms with Gasteiger partial charge < -0.3 is 5.73 Å². The van der Waals surface area contributed by atoms with Crippen LogP contribution >= 0.6 is 27.7 Å². The molecule has 1 atom stereocenters. The minimum atomic E-state index is 0.343. The Morgan fingerprint density at radius 1 is 1.29 bits per heavy atom. The van der Waals surface area contributed by atoms with Crippen LogP contribution in [0.25, 0.3) is 0 Å². The minimum absolute atomic E-state index is 0.343. The van der Waals surface area contributed by atoms with Gasteiger partial charge >= 0.3 is 0 Å². The Labute approximate surface area is 117 Å². The van der Waals surface area contributed by atoms with Crippen molar-refractivity contribution in [3.63, 3.8) is 0 Å². The standard InChI is InChI=1S/C14H20BrNS/c15-13-7-3-4-8-14(13)17-10-12(16)9-11-5-1-2-6-11/h3-4,7-8,11-12H,1-2,5-6,9-10,16H2. The van der Waals surface area contributed by atoms with Gasteiger partial charge in [0.25, 0.3) is 0 Å². The third kappa shape index (κ3) is 4.31. The maximum Gasteiger partial charge on any atom is 0.0311 e. The van der Waals surface area contributed by atoms with Crippen LogP contribution in [0.4, 0.5) is 0 Å². The molecule has 0 spiro atoms. The van der Waals surface area contributed by atoms with Gasteiger partial charge in [-0.3, -0.25) is 0 Å². The average Bonchev–Trinajstić information content (AvgIpc) is 2.81. The Morgan fingerprint density at radius 2 is 2.00 bits per heavy atom. The molecule has 1 unspecified atom stereocenters. The molecule has 0 saturated heterocycles. The van der Waals surface area contributed by atoms with Gasteiger partial charge in [-0.2, -0.15) is 0 Å². The van der Waals surface area contributed by atoms with Gasteiger partial charge in [0, 0.05) is 21.2 Å². The van der Waals surface area contributed by atoms with E-state index < -0.39 is 0 Å². The summed E-state index contributed by atoms with van der Waals surface area (Å²) in [5.41, 5.74) is 6.22. The molecule has 1 aromatic carbocycles. The van der Waals surface area contributed by atoms with E-state index in [9.17, 15) is 0 Å². The molecule has 94 valence electrons. The molecular weight excluding hydrogens is 294 g/mol. The molecule has 0 aliphatic heterocycles. The molecule has 0 aromatic heterocycles. The van der Waals surface area contributed by atoms with E-state index in [4.69, 9.17) is 5.73 Å². The maximum atomic E-state index is 6.22. The number of hydrogen-bond donors (Lipinski definition) is 1. The molecule has 2 rings (SSSR count). The first-order chi connectivity index (χ1) is 8.25. The van der Waals surface area contributed by atoms with E-state index in [1.807, 2.05) is 17.8 Å². The van der Waals surface area contributed by atoms with Gasteiger partial charge in [0.15, 0.2) is 0 Å². The average molecular weight is 314 g/mol. The number of hydrogen-bond acceptors (Lipinski definition) is 2. The van der Waals surface area contributed by atoms with E-state index in [-0.39, 0.29) is 0 Å². The number of rotatable bonds is 5. The van der Waals surface area contributed by atoms with Crippen LogP contribution in [-0.2, 0) is 0 Å². The Hall–Kier alpha value is 0.01000. The lowest BCUT2D eigenvalue weighted by atomic mass is 10.00. The van der Waals surface area contributed by atoms with Gasteiger partial charge in [-0.1, -0.05) is 37.8 Å². The second-order valence-electron chi connectivity index (χ2n) is 4.89. The lowest BCUT2D eigenvalue weighted by Gasteiger charge is -2.16. The number of benzene rings is 1. The molecule has 3 heteroatoms. The topological polar surface area (TPSA) is 26.0 Å². The normalized spacial score (nSPS) is 18.5. The summed E-state index contributed by atoms with van der Waals surface area (Å²) < 4.78 is 1.18. The zero-order chi connectivity index (χ0) is 12.1. The predicted molar refractivity (Wildman–Crippen MR) is 79.4 cm³/mol. The fourth-order valence-electron chi connectivity index (χ4n) is 2.50. The highest BCUT2D eigenvalue weighted by atomic mass is 79.9. The van der Waals surface area contributed by atoms with Crippen LogP contribution in [0.3, 0.4) is 0 Å². The summed E-state index contributed by atoms with van der Waals surface area (Å²) in [7, 11) is 0. The van der Waals surface area contributed by atoms with Gasteiger partial charge in [0.2, 0.25) is 0 Å². The summed E-state index contributed by atoms with van der Waals surface area (Å²) in [6, 6.07) is 8.71. The minimum Gasteiger partial charge on any atom is -0.327 e. The zero-order valence-corrected chi connectivity index (χ0v) is 12.5. The quantitative estimate of drug-likeness (QED) is 0.813. The van der Waals surface area contributed by atoms with E-state index in [2.05, 4.69) is 34.1 Å². The SMILES string of the molecule is NC(CSc1ccccc1Br)CC1CCCC1. The van der Waals surface area contributed by atoms with Gasteiger partial charge in [-0.25, -0.2) is 0 Å². The molecule has 1 saturated carbocycles. The lowest BCUT2D eigenvalue weighted by molar-refractivity contribution is 0.462. The summed E-state index contributed by atoms with van der Waals surface area (Å²) in [6.45, 7) is 0. The van der Waals surface area contributed by atoms with E-state index >= 15 is 0 Å². The van der Waals surface area contributed by atoms with Crippen LogP contribution in [0.15, 0.2) is 33.6 Å². The fourth-order valence-corrected chi connectivity index (χ4v) is 4.04. The monoisotopic (exact) mass is 313 g/mol. The molecule has 17 heavy (non-hydrogen) atoms. The van der Waals surface area contributed by atoms with Crippen LogP contribution in [0.1, 0.15) is 32.1 Å². The van der Waals surface area contributed by atoms with Crippen LogP contribution in [0.5, 0.6) is 0 Å². The Kier molecular flexibility index (Phi) is 5.39. The first kappa shape index (κ1) is 13.4. The fraction of sp³-hybridized carbons (Fsp3) is 0.571. The third-order valence-electron chi connectivity index (χ3n) is 3.40. The molecule has 1 nitrogen and oxygen atoms in total. The molecule has 0 bridgehead atoms. The summed E-state index contributed by atoms with van der Waals surface area (Å²) in [5, 5.41) is 0. The van der Waals surface area contributed by atoms with E-state index in [0.29, 0.717) is 6.04 Å². The molecule has 1 aliphatic rings. The molecule has 0 radical (unpaired) electrons. The Bertz CT molecular complexity index is 350. The van der Waals surface area contributed by atoms with Gasteiger partial charge in [0.05, 0.1) is 0 Å². The Morgan fingerprint density at radius 3 is 2.71 bits per heavy atom. The van der Waals surface area contributed by atoms with Crippen molar-refractivity contribution in [2.24, 2.45) is 11.7 Å². The molecule has 1 aromatic rings. The maximum absolute atomic E-state index is 6.22. The highest BCUT2D eigenvalue weighted by molar-refractivity contribution is 9.10. The molecule has 0 amide bonds. The highest BCUT2D eigenvalue weighted by Crippen LogP contribution is 2.31. The van der Waals surface area contributed by atoms with E-state index in [1.165, 1.54) is 41.5 Å². The van der Waals surface area contributed by atoms with Crippen LogP contribution in [-0.4, -0.2) is 11.8 Å². The third-order valence-corrected chi connectivity index (χ3v) is 5.62. The highest BCUT2D eigenvalue weighted by Gasteiger charge is 2.18. The van der Waals surface area contributed by atoms with Gasteiger partial charge in [-0.15, -0.1) is 11.8 Å². The van der Waals surface area contributed by atoms with Crippen molar-refractivity contribution in [3.8, 4) is 0 Å². The second kappa shape index (κ2) is 6.81. The van der Waals surface area contributed by atoms with E-state index in [0.717, 1.165) is 11.7 Å². The first-order valence-corrected chi connectivity index (χ1v) is 8.16. The molecule has 1 fully saturated rings. The van der Waals surface area contributed by atoms with Gasteiger partial charge in [-0.05, 0) is 40.4 Å². The van der Waals surface area contributed by atoms with Gasteiger partial charge in [0.1, 0.15) is 0 Å². The molecule has 2 N–H and O–H groups in total. The number of halogens is 1. The summed E-state index contributed by atoms with van der Waals surface area (Å²) >= 11 is 5.44. The molecule has 0 heterocycles. The summed E-state index contributed by atoms with van der Waals surface area (Å²) in [4.78, 5) is 1.30. The van der Waals surface area contributed by atoms with Crippen LogP contribution in [0.2, 0.25) is 0 Å². The molecular formula is C14H20BrNS. The summed E-state index contributed by atoms with van der Waals surface area (Å²) in [5.74, 6) is 1.92. The second-order valence-corrected chi connectivity index (χ2v) is 6.80. The smallest absolute Gasteiger partial charge is 0.0311 e. The summed E-state index contributed by atoms with van der Waals surface area (Å²) in [6.07, 6.45) is 6.82. The van der Waals surface area contributed by atoms with Crippen molar-refractivity contribution in [1.29, 1.82) is 0 Å². The van der Waals surface area contributed by atoms with Crippen molar-refractivity contribution in [1.82, 2.24) is 0 Å².